The number of rotatable bonds is 6. The number of likely N-dealkylation sites (N-methyl/N-ethyl adjacent to an activating group) is 1. The molecule has 0 bridgehead atoms. The average Bonchev–Trinajstić information content (AvgIpc) is 3.05. The fourth-order valence-electron chi connectivity index (χ4n) is 3.31. The van der Waals surface area contributed by atoms with E-state index < -0.39 is 0 Å². The third-order valence-electron chi connectivity index (χ3n) is 4.44. The van der Waals surface area contributed by atoms with Gasteiger partial charge in [-0.2, -0.15) is 0 Å². The van der Waals surface area contributed by atoms with Crippen LogP contribution in [0.4, 0.5) is 0 Å². The third kappa shape index (κ3) is 3.53. The molecule has 1 atom stereocenters. The van der Waals surface area contributed by atoms with Crippen LogP contribution in [0.15, 0.2) is 36.5 Å². The standard InChI is InChI=1S/C18H24N2O/c1-2-19-18(14-6-3-4-7-14)13-21-16-10-9-15-8-5-11-20-17(15)12-16/h5,8-12,14,18-19H,2-4,6-7,13H2,1H3. The number of ether oxygens (including phenoxy) is 1. The fraction of sp³-hybridized carbons (Fsp3) is 0.500. The minimum Gasteiger partial charge on any atom is -0.492 e. The van der Waals surface area contributed by atoms with Crippen LogP contribution in [0, 0.1) is 5.92 Å². The number of nitrogens with one attached hydrogen (secondary N) is 1. The molecule has 1 unspecified atom stereocenters. The van der Waals surface area contributed by atoms with Crippen LogP contribution >= 0.6 is 0 Å². The summed E-state index contributed by atoms with van der Waals surface area (Å²) in [5.41, 5.74) is 0.996. The second kappa shape index (κ2) is 6.90. The van der Waals surface area contributed by atoms with Gasteiger partial charge in [0.15, 0.2) is 0 Å². The molecule has 1 aliphatic carbocycles. The fourth-order valence-corrected chi connectivity index (χ4v) is 3.31. The van der Waals surface area contributed by atoms with Crippen molar-refractivity contribution in [3.8, 4) is 5.75 Å². The molecule has 1 heterocycles. The van der Waals surface area contributed by atoms with Crippen molar-refractivity contribution in [1.29, 1.82) is 0 Å². The maximum atomic E-state index is 6.04. The van der Waals surface area contributed by atoms with E-state index >= 15 is 0 Å². The number of fused-ring (bicyclic) bond motifs is 1. The van der Waals surface area contributed by atoms with Gasteiger partial charge in [-0.05, 0) is 43.5 Å². The van der Waals surface area contributed by atoms with E-state index in [9.17, 15) is 0 Å². The van der Waals surface area contributed by atoms with E-state index in [2.05, 4.69) is 29.4 Å². The molecule has 1 aromatic heterocycles. The Kier molecular flexibility index (Phi) is 4.71. The van der Waals surface area contributed by atoms with E-state index in [1.807, 2.05) is 24.4 Å². The minimum atomic E-state index is 0.469. The summed E-state index contributed by atoms with van der Waals surface area (Å²) in [6, 6.07) is 10.7. The number of hydrogen-bond acceptors (Lipinski definition) is 3. The Morgan fingerprint density at radius 3 is 2.95 bits per heavy atom. The summed E-state index contributed by atoms with van der Waals surface area (Å²) in [6.45, 7) is 3.92. The molecule has 3 nitrogen and oxygen atoms in total. The Morgan fingerprint density at radius 1 is 1.29 bits per heavy atom. The predicted molar refractivity (Wildman–Crippen MR) is 86.7 cm³/mol. The van der Waals surface area contributed by atoms with Crippen molar-refractivity contribution in [3.63, 3.8) is 0 Å². The second-order valence-corrected chi connectivity index (χ2v) is 5.88. The van der Waals surface area contributed by atoms with Crippen LogP contribution in [0.1, 0.15) is 32.6 Å². The highest BCUT2D eigenvalue weighted by Gasteiger charge is 2.24. The first-order chi connectivity index (χ1) is 10.4. The van der Waals surface area contributed by atoms with Crippen LogP contribution in [-0.2, 0) is 0 Å². The summed E-state index contributed by atoms with van der Waals surface area (Å²) < 4.78 is 6.04. The molecule has 2 aromatic rings. The van der Waals surface area contributed by atoms with Gasteiger partial charge in [-0.15, -0.1) is 0 Å². The highest BCUT2D eigenvalue weighted by molar-refractivity contribution is 5.79. The van der Waals surface area contributed by atoms with Crippen molar-refractivity contribution in [2.75, 3.05) is 13.2 Å². The largest absolute Gasteiger partial charge is 0.492 e. The van der Waals surface area contributed by atoms with Gasteiger partial charge in [0.1, 0.15) is 12.4 Å². The summed E-state index contributed by atoms with van der Waals surface area (Å²) in [6.07, 6.45) is 7.23. The van der Waals surface area contributed by atoms with E-state index in [-0.39, 0.29) is 0 Å². The molecule has 3 heteroatoms. The molecule has 1 aliphatic rings. The van der Waals surface area contributed by atoms with Crippen LogP contribution in [-0.4, -0.2) is 24.2 Å². The zero-order valence-corrected chi connectivity index (χ0v) is 12.7. The van der Waals surface area contributed by atoms with Gasteiger partial charge in [0, 0.05) is 23.7 Å². The zero-order valence-electron chi connectivity index (χ0n) is 12.7. The lowest BCUT2D eigenvalue weighted by Gasteiger charge is -2.24. The van der Waals surface area contributed by atoms with Gasteiger partial charge >= 0.3 is 0 Å². The third-order valence-corrected chi connectivity index (χ3v) is 4.44. The van der Waals surface area contributed by atoms with Crippen molar-refractivity contribution in [3.05, 3.63) is 36.5 Å². The first kappa shape index (κ1) is 14.3. The van der Waals surface area contributed by atoms with Crippen LogP contribution in [0.3, 0.4) is 0 Å². The van der Waals surface area contributed by atoms with Gasteiger partial charge in [0.05, 0.1) is 5.52 Å². The van der Waals surface area contributed by atoms with Gasteiger partial charge in [0.2, 0.25) is 0 Å². The summed E-state index contributed by atoms with van der Waals surface area (Å²) in [4.78, 5) is 4.39. The topological polar surface area (TPSA) is 34.1 Å². The molecule has 1 saturated carbocycles. The number of aromatic nitrogens is 1. The molecule has 112 valence electrons. The predicted octanol–water partition coefficient (Wildman–Crippen LogP) is 3.78. The highest BCUT2D eigenvalue weighted by Crippen LogP contribution is 2.28. The Morgan fingerprint density at radius 2 is 2.14 bits per heavy atom. The maximum Gasteiger partial charge on any atom is 0.121 e. The Bertz CT molecular complexity index is 578. The van der Waals surface area contributed by atoms with Gasteiger partial charge in [-0.1, -0.05) is 25.8 Å². The molecule has 1 fully saturated rings. The Hall–Kier alpha value is -1.61. The van der Waals surface area contributed by atoms with Crippen LogP contribution < -0.4 is 10.1 Å². The summed E-state index contributed by atoms with van der Waals surface area (Å²) in [7, 11) is 0. The maximum absolute atomic E-state index is 6.04. The zero-order chi connectivity index (χ0) is 14.5. The molecular formula is C18H24N2O. The van der Waals surface area contributed by atoms with Gasteiger partial charge in [-0.3, -0.25) is 4.98 Å². The normalized spacial score (nSPS) is 17.2. The van der Waals surface area contributed by atoms with Crippen molar-refractivity contribution < 1.29 is 4.74 Å². The summed E-state index contributed by atoms with van der Waals surface area (Å²) >= 11 is 0. The molecule has 21 heavy (non-hydrogen) atoms. The monoisotopic (exact) mass is 284 g/mol. The van der Waals surface area contributed by atoms with Gasteiger partial charge in [0.25, 0.3) is 0 Å². The summed E-state index contributed by atoms with van der Waals surface area (Å²) in [5, 5.41) is 4.75. The minimum absolute atomic E-state index is 0.469. The highest BCUT2D eigenvalue weighted by atomic mass is 16.5. The molecule has 0 spiro atoms. The smallest absolute Gasteiger partial charge is 0.121 e. The molecule has 0 radical (unpaired) electrons. The molecule has 3 rings (SSSR count). The van der Waals surface area contributed by atoms with Gasteiger partial charge in [-0.25, -0.2) is 0 Å². The van der Waals surface area contributed by atoms with E-state index in [1.54, 1.807) is 0 Å². The average molecular weight is 284 g/mol. The molecule has 0 saturated heterocycles. The number of benzene rings is 1. The van der Waals surface area contributed by atoms with Crippen molar-refractivity contribution in [2.24, 2.45) is 5.92 Å². The van der Waals surface area contributed by atoms with Crippen LogP contribution in [0.25, 0.3) is 10.9 Å². The SMILES string of the molecule is CCNC(COc1ccc2cccnc2c1)C1CCCC1. The quantitative estimate of drug-likeness (QED) is 0.876. The van der Waals surface area contributed by atoms with Gasteiger partial charge < -0.3 is 10.1 Å². The lowest BCUT2D eigenvalue weighted by molar-refractivity contribution is 0.219. The van der Waals surface area contributed by atoms with Crippen molar-refractivity contribution in [1.82, 2.24) is 10.3 Å². The van der Waals surface area contributed by atoms with E-state index in [0.29, 0.717) is 6.04 Å². The molecule has 1 N–H and O–H groups in total. The van der Waals surface area contributed by atoms with Crippen LogP contribution in [0.5, 0.6) is 5.75 Å². The van der Waals surface area contributed by atoms with Crippen molar-refractivity contribution in [2.45, 2.75) is 38.6 Å². The number of hydrogen-bond donors (Lipinski definition) is 1. The Labute approximate surface area is 126 Å². The van der Waals surface area contributed by atoms with Crippen LogP contribution in [0.2, 0.25) is 0 Å². The molecule has 0 aliphatic heterocycles. The van der Waals surface area contributed by atoms with Crippen molar-refractivity contribution >= 4 is 10.9 Å². The molecule has 1 aromatic carbocycles. The molecule has 0 amide bonds. The van der Waals surface area contributed by atoms with E-state index in [0.717, 1.165) is 35.7 Å². The Balaban J connectivity index is 1.65. The second-order valence-electron chi connectivity index (χ2n) is 5.88. The first-order valence-electron chi connectivity index (χ1n) is 8.08. The lowest BCUT2D eigenvalue weighted by Crippen LogP contribution is -2.40. The van der Waals surface area contributed by atoms with E-state index in [4.69, 9.17) is 4.74 Å². The molecular weight excluding hydrogens is 260 g/mol. The number of pyridine rings is 1. The summed E-state index contributed by atoms with van der Waals surface area (Å²) in [5.74, 6) is 1.69. The lowest BCUT2D eigenvalue weighted by atomic mass is 9.99. The number of nitrogens with zero attached hydrogens (tertiary/aromatic N) is 1. The first-order valence-corrected chi connectivity index (χ1v) is 8.08. The van der Waals surface area contributed by atoms with E-state index in [1.165, 1.54) is 25.7 Å².